The maximum absolute atomic E-state index is 13.3. The molecule has 3 N–H and O–H groups in total. The smallest absolute Gasteiger partial charge is 0.243 e. The van der Waals surface area contributed by atoms with E-state index in [1.54, 1.807) is 0 Å². The van der Waals surface area contributed by atoms with E-state index in [1.165, 1.54) is 18.2 Å². The van der Waals surface area contributed by atoms with Crippen LogP contribution in [0.15, 0.2) is 29.2 Å². The van der Waals surface area contributed by atoms with Crippen LogP contribution in [0.5, 0.6) is 0 Å². The number of nitrogens with zero attached hydrogens (tertiary/aromatic N) is 1. The molecule has 0 radical (unpaired) electrons. The van der Waals surface area contributed by atoms with Crippen LogP contribution in [0, 0.1) is 5.82 Å². The molecule has 1 heterocycles. The first kappa shape index (κ1) is 15.9. The number of sulfonamides is 1. The summed E-state index contributed by atoms with van der Waals surface area (Å²) in [5.41, 5.74) is 5.17. The van der Waals surface area contributed by atoms with E-state index < -0.39 is 28.3 Å². The van der Waals surface area contributed by atoms with Gasteiger partial charge in [-0.05, 0) is 37.6 Å². The molecule has 2 rings (SSSR count). The van der Waals surface area contributed by atoms with Gasteiger partial charge in [-0.2, -0.15) is 4.31 Å². The number of hydrogen-bond donors (Lipinski definition) is 2. The molecule has 116 valence electrons. The molecule has 1 atom stereocenters. The number of nitrogens with two attached hydrogens (primary N) is 1. The van der Waals surface area contributed by atoms with Crippen molar-refractivity contribution >= 4 is 15.9 Å². The largest absolute Gasteiger partial charge is 0.369 e. The molecule has 1 aliphatic rings. The highest BCUT2D eigenvalue weighted by molar-refractivity contribution is 7.89. The van der Waals surface area contributed by atoms with Crippen LogP contribution in [-0.2, 0) is 14.8 Å². The zero-order valence-corrected chi connectivity index (χ0v) is 12.3. The van der Waals surface area contributed by atoms with Crippen molar-refractivity contribution in [2.75, 3.05) is 19.6 Å². The minimum atomic E-state index is -3.97. The van der Waals surface area contributed by atoms with E-state index in [0.717, 1.165) is 23.3 Å². The summed E-state index contributed by atoms with van der Waals surface area (Å²) in [6.07, 6.45) is 1.44. The molecule has 0 aromatic heterocycles. The summed E-state index contributed by atoms with van der Waals surface area (Å²) in [4.78, 5) is 11.0. The van der Waals surface area contributed by atoms with E-state index in [-0.39, 0.29) is 10.9 Å². The molecule has 1 amide bonds. The number of primary amides is 1. The highest BCUT2D eigenvalue weighted by atomic mass is 32.2. The van der Waals surface area contributed by atoms with Gasteiger partial charge in [0.05, 0.1) is 11.4 Å². The van der Waals surface area contributed by atoms with Gasteiger partial charge in [0.15, 0.2) is 0 Å². The van der Waals surface area contributed by atoms with Crippen molar-refractivity contribution in [3.05, 3.63) is 30.1 Å². The van der Waals surface area contributed by atoms with Crippen LogP contribution in [0.2, 0.25) is 0 Å². The number of nitrogens with one attached hydrogen (secondary N) is 1. The third-order valence-corrected chi connectivity index (χ3v) is 5.29. The number of piperidine rings is 1. The fourth-order valence-corrected chi connectivity index (χ4v) is 4.06. The van der Waals surface area contributed by atoms with Crippen molar-refractivity contribution in [1.29, 1.82) is 0 Å². The Kier molecular flexibility index (Phi) is 4.92. The van der Waals surface area contributed by atoms with Crippen molar-refractivity contribution in [2.45, 2.75) is 23.8 Å². The Labute approximate surface area is 123 Å². The van der Waals surface area contributed by atoms with Crippen LogP contribution in [0.25, 0.3) is 0 Å². The topological polar surface area (TPSA) is 92.5 Å². The van der Waals surface area contributed by atoms with Gasteiger partial charge in [0.1, 0.15) is 5.82 Å². The Morgan fingerprint density at radius 1 is 1.48 bits per heavy atom. The molecule has 0 saturated carbocycles. The minimum Gasteiger partial charge on any atom is -0.369 e. The van der Waals surface area contributed by atoms with Crippen molar-refractivity contribution in [2.24, 2.45) is 5.73 Å². The Morgan fingerprint density at radius 3 is 2.81 bits per heavy atom. The number of rotatable bonds is 5. The molecule has 1 unspecified atom stereocenters. The molecular formula is C13H18FN3O3S. The second kappa shape index (κ2) is 6.50. The Hall–Kier alpha value is -1.51. The molecule has 8 heteroatoms. The molecule has 1 fully saturated rings. The molecule has 6 nitrogen and oxygen atoms in total. The lowest BCUT2D eigenvalue weighted by Gasteiger charge is -2.33. The minimum absolute atomic E-state index is 0.172. The molecule has 0 spiro atoms. The van der Waals surface area contributed by atoms with Crippen LogP contribution in [0.4, 0.5) is 4.39 Å². The SMILES string of the molecule is NC(=O)CN(C1CCCNC1)S(=O)(=O)c1cccc(F)c1. The predicted molar refractivity (Wildman–Crippen MR) is 75.4 cm³/mol. The van der Waals surface area contributed by atoms with Gasteiger partial charge >= 0.3 is 0 Å². The average Bonchev–Trinajstić information content (AvgIpc) is 2.45. The average molecular weight is 315 g/mol. The number of amides is 1. The van der Waals surface area contributed by atoms with Crippen LogP contribution in [0.1, 0.15) is 12.8 Å². The summed E-state index contributed by atoms with van der Waals surface area (Å²) in [6, 6.07) is 4.38. The normalized spacial score (nSPS) is 19.6. The third kappa shape index (κ3) is 3.78. The van der Waals surface area contributed by atoms with E-state index in [4.69, 9.17) is 5.73 Å². The summed E-state index contributed by atoms with van der Waals surface area (Å²) in [5, 5.41) is 3.09. The second-order valence-corrected chi connectivity index (χ2v) is 6.86. The van der Waals surface area contributed by atoms with Gasteiger partial charge in [-0.25, -0.2) is 12.8 Å². The van der Waals surface area contributed by atoms with Crippen LogP contribution >= 0.6 is 0 Å². The van der Waals surface area contributed by atoms with Gasteiger partial charge in [0, 0.05) is 12.6 Å². The van der Waals surface area contributed by atoms with E-state index in [9.17, 15) is 17.6 Å². The lowest BCUT2D eigenvalue weighted by atomic mass is 10.1. The van der Waals surface area contributed by atoms with Crippen LogP contribution < -0.4 is 11.1 Å². The summed E-state index contributed by atoms with van der Waals surface area (Å²) in [7, 11) is -3.97. The monoisotopic (exact) mass is 315 g/mol. The van der Waals surface area contributed by atoms with E-state index in [0.29, 0.717) is 13.0 Å². The fourth-order valence-electron chi connectivity index (χ4n) is 2.41. The van der Waals surface area contributed by atoms with Gasteiger partial charge in [0.2, 0.25) is 15.9 Å². The van der Waals surface area contributed by atoms with Crippen molar-refractivity contribution < 1.29 is 17.6 Å². The Bertz CT molecular complexity index is 615. The lowest BCUT2D eigenvalue weighted by molar-refractivity contribution is -0.118. The summed E-state index contributed by atoms with van der Waals surface area (Å²) in [6.45, 7) is 0.841. The number of carbonyl (C=O) groups is 1. The van der Waals surface area contributed by atoms with Crippen molar-refractivity contribution in [3.8, 4) is 0 Å². The molecule has 1 aromatic rings. The first-order chi connectivity index (χ1) is 9.91. The number of hydrogen-bond acceptors (Lipinski definition) is 4. The van der Waals surface area contributed by atoms with E-state index >= 15 is 0 Å². The third-order valence-electron chi connectivity index (χ3n) is 3.39. The molecule has 0 aliphatic carbocycles. The van der Waals surface area contributed by atoms with Gasteiger partial charge < -0.3 is 11.1 Å². The zero-order chi connectivity index (χ0) is 15.5. The highest BCUT2D eigenvalue weighted by Gasteiger charge is 2.33. The fraction of sp³-hybridized carbons (Fsp3) is 0.462. The predicted octanol–water partition coefficient (Wildman–Crippen LogP) is 0.0537. The first-order valence-corrected chi connectivity index (χ1v) is 8.11. The number of benzene rings is 1. The molecule has 21 heavy (non-hydrogen) atoms. The van der Waals surface area contributed by atoms with Gasteiger partial charge in [-0.15, -0.1) is 0 Å². The maximum atomic E-state index is 13.3. The van der Waals surface area contributed by atoms with E-state index in [1.807, 2.05) is 0 Å². The standard InChI is InChI=1S/C13H18FN3O3S/c14-10-3-1-5-12(7-10)21(19,20)17(9-13(15)18)11-4-2-6-16-8-11/h1,3,5,7,11,16H,2,4,6,8-9H2,(H2,15,18). The first-order valence-electron chi connectivity index (χ1n) is 6.67. The highest BCUT2D eigenvalue weighted by Crippen LogP contribution is 2.21. The second-order valence-electron chi connectivity index (χ2n) is 4.97. The number of carbonyl (C=O) groups excluding carboxylic acids is 1. The Morgan fingerprint density at radius 2 is 2.24 bits per heavy atom. The molecule has 1 aromatic carbocycles. The quantitative estimate of drug-likeness (QED) is 0.803. The van der Waals surface area contributed by atoms with Gasteiger partial charge in [0.25, 0.3) is 0 Å². The molecule has 1 saturated heterocycles. The van der Waals surface area contributed by atoms with Crippen LogP contribution in [0.3, 0.4) is 0 Å². The lowest BCUT2D eigenvalue weighted by Crippen LogP contribution is -2.51. The Balaban J connectivity index is 2.36. The van der Waals surface area contributed by atoms with Gasteiger partial charge in [-0.3, -0.25) is 4.79 Å². The van der Waals surface area contributed by atoms with Crippen LogP contribution in [-0.4, -0.2) is 44.3 Å². The molecule has 0 bridgehead atoms. The maximum Gasteiger partial charge on any atom is 0.243 e. The zero-order valence-electron chi connectivity index (χ0n) is 11.5. The summed E-state index contributed by atoms with van der Waals surface area (Å²) < 4.78 is 39.6. The van der Waals surface area contributed by atoms with Crippen molar-refractivity contribution in [3.63, 3.8) is 0 Å². The summed E-state index contributed by atoms with van der Waals surface area (Å²) >= 11 is 0. The van der Waals surface area contributed by atoms with Crippen molar-refractivity contribution in [1.82, 2.24) is 9.62 Å². The molecular weight excluding hydrogens is 297 g/mol. The molecule has 1 aliphatic heterocycles. The van der Waals surface area contributed by atoms with Gasteiger partial charge in [-0.1, -0.05) is 6.07 Å². The van der Waals surface area contributed by atoms with E-state index in [2.05, 4.69) is 5.32 Å². The number of halogens is 1. The summed E-state index contributed by atoms with van der Waals surface area (Å²) in [5.74, 6) is -1.38.